The molecule has 1 unspecified atom stereocenters. The Kier molecular flexibility index (Phi) is 6.85. The average Bonchev–Trinajstić information content (AvgIpc) is 3.29. The molecule has 1 atom stereocenters. The zero-order valence-corrected chi connectivity index (χ0v) is 20.5. The lowest BCUT2D eigenvalue weighted by atomic mass is 10.1. The molecule has 2 aromatic carbocycles. The maximum absolute atomic E-state index is 12.7. The van der Waals surface area contributed by atoms with Gasteiger partial charge in [0.2, 0.25) is 5.91 Å². The Hall–Kier alpha value is -4.66. The number of hydrogen-bond donors (Lipinski definition) is 4. The van der Waals surface area contributed by atoms with Crippen molar-refractivity contribution < 1.29 is 14.4 Å². The molecule has 0 saturated carbocycles. The van der Waals surface area contributed by atoms with Gasteiger partial charge in [0.25, 0.3) is 5.91 Å². The van der Waals surface area contributed by atoms with Crippen LogP contribution in [0.5, 0.6) is 0 Å². The number of nitrogens with one attached hydrogen (secondary N) is 4. The molecule has 1 aliphatic heterocycles. The molecule has 4 N–H and O–H groups in total. The predicted molar refractivity (Wildman–Crippen MR) is 141 cm³/mol. The number of carbonyl (C=O) groups is 3. The second kappa shape index (κ2) is 10.5. The fraction of sp³-hybridized carbons (Fsp3) is 0.214. The van der Waals surface area contributed by atoms with Crippen molar-refractivity contribution in [2.24, 2.45) is 0 Å². The molecule has 4 aromatic rings. The van der Waals surface area contributed by atoms with Gasteiger partial charge in [-0.2, -0.15) is 0 Å². The van der Waals surface area contributed by atoms with Crippen molar-refractivity contribution in [3.8, 4) is 0 Å². The van der Waals surface area contributed by atoms with E-state index in [-0.39, 0.29) is 30.3 Å². The molecule has 3 heterocycles. The van der Waals surface area contributed by atoms with E-state index in [4.69, 9.17) is 0 Å². The molecule has 0 fully saturated rings. The molecular weight excluding hydrogens is 468 g/mol. The van der Waals surface area contributed by atoms with Crippen LogP contribution in [0.15, 0.2) is 73.1 Å². The predicted octanol–water partition coefficient (Wildman–Crippen LogP) is 3.66. The number of aryl methyl sites for hydroxylation is 1. The minimum atomic E-state index is -0.312. The molecule has 9 heteroatoms. The number of anilines is 1. The number of urea groups is 1. The van der Waals surface area contributed by atoms with Gasteiger partial charge < -0.3 is 25.8 Å². The minimum absolute atomic E-state index is 0.102. The Bertz CT molecular complexity index is 1460. The van der Waals surface area contributed by atoms with Crippen LogP contribution in [0.4, 0.5) is 10.5 Å². The average molecular weight is 497 g/mol. The molecule has 1 aliphatic rings. The summed E-state index contributed by atoms with van der Waals surface area (Å²) >= 11 is 0. The molecular formula is C28H28N6O3. The SMILES string of the molecule is Cc1ccccc1CNC(=O)Nc1ccc2c(c1)cc1n2C(CC(=O)NCc2ccncc2)CNC1=O. The standard InChI is InChI=1S/C28H28N6O3/c1-18-4-2-3-5-20(18)16-32-28(37)33-22-6-7-24-21(12-22)13-25-27(36)31-17-23(34(24)25)14-26(35)30-15-19-8-10-29-11-9-19/h2-13,23H,14-17H2,1H3,(H,30,35)(H,31,36)(H2,32,33,37). The summed E-state index contributed by atoms with van der Waals surface area (Å²) in [6, 6.07) is 18.4. The third-order valence-electron chi connectivity index (χ3n) is 6.55. The number of fused-ring (bicyclic) bond motifs is 3. The summed E-state index contributed by atoms with van der Waals surface area (Å²) in [5, 5.41) is 12.4. The van der Waals surface area contributed by atoms with Gasteiger partial charge in [-0.25, -0.2) is 4.79 Å². The van der Waals surface area contributed by atoms with E-state index >= 15 is 0 Å². The van der Waals surface area contributed by atoms with E-state index in [0.29, 0.717) is 31.0 Å². The van der Waals surface area contributed by atoms with E-state index in [1.54, 1.807) is 24.5 Å². The van der Waals surface area contributed by atoms with Gasteiger partial charge in [-0.05, 0) is 60.0 Å². The zero-order valence-electron chi connectivity index (χ0n) is 20.5. The van der Waals surface area contributed by atoms with Crippen LogP contribution in [0.1, 0.15) is 39.6 Å². The number of rotatable bonds is 7. The Morgan fingerprint density at radius 1 is 1.03 bits per heavy atom. The Labute approximate surface area is 214 Å². The Balaban J connectivity index is 1.27. The lowest BCUT2D eigenvalue weighted by Gasteiger charge is -2.27. The molecule has 0 saturated heterocycles. The first-order chi connectivity index (χ1) is 18.0. The molecule has 188 valence electrons. The third-order valence-corrected chi connectivity index (χ3v) is 6.55. The molecule has 5 rings (SSSR count). The quantitative estimate of drug-likeness (QED) is 0.312. The molecule has 0 aliphatic carbocycles. The highest BCUT2D eigenvalue weighted by molar-refractivity contribution is 6.01. The van der Waals surface area contributed by atoms with Gasteiger partial charge in [0.05, 0.1) is 6.04 Å². The van der Waals surface area contributed by atoms with E-state index in [0.717, 1.165) is 27.6 Å². The molecule has 0 bridgehead atoms. The number of hydrogen-bond acceptors (Lipinski definition) is 4. The van der Waals surface area contributed by atoms with Crippen LogP contribution in [0.25, 0.3) is 10.9 Å². The number of benzene rings is 2. The van der Waals surface area contributed by atoms with Crippen LogP contribution in [0, 0.1) is 6.92 Å². The highest BCUT2D eigenvalue weighted by Crippen LogP contribution is 2.30. The Morgan fingerprint density at radius 2 is 1.84 bits per heavy atom. The first-order valence-electron chi connectivity index (χ1n) is 12.2. The summed E-state index contributed by atoms with van der Waals surface area (Å²) in [5.41, 5.74) is 5.08. The zero-order chi connectivity index (χ0) is 25.8. The van der Waals surface area contributed by atoms with Gasteiger partial charge in [0.1, 0.15) is 5.69 Å². The van der Waals surface area contributed by atoms with E-state index < -0.39 is 0 Å². The summed E-state index contributed by atoms with van der Waals surface area (Å²) in [6.07, 6.45) is 3.60. The first kappa shape index (κ1) is 24.1. The highest BCUT2D eigenvalue weighted by atomic mass is 16.2. The fourth-order valence-electron chi connectivity index (χ4n) is 4.58. The largest absolute Gasteiger partial charge is 0.352 e. The second-order valence-corrected chi connectivity index (χ2v) is 9.11. The van der Waals surface area contributed by atoms with Crippen molar-refractivity contribution in [3.63, 3.8) is 0 Å². The smallest absolute Gasteiger partial charge is 0.319 e. The van der Waals surface area contributed by atoms with Gasteiger partial charge in [-0.1, -0.05) is 24.3 Å². The summed E-state index contributed by atoms with van der Waals surface area (Å²) in [7, 11) is 0. The van der Waals surface area contributed by atoms with Crippen molar-refractivity contribution in [1.82, 2.24) is 25.5 Å². The van der Waals surface area contributed by atoms with E-state index in [1.807, 2.05) is 60.0 Å². The van der Waals surface area contributed by atoms with Crippen molar-refractivity contribution >= 4 is 34.4 Å². The summed E-state index contributed by atoms with van der Waals surface area (Å²) in [4.78, 5) is 41.7. The maximum atomic E-state index is 12.7. The Morgan fingerprint density at radius 3 is 2.65 bits per heavy atom. The van der Waals surface area contributed by atoms with Gasteiger partial charge in [-0.3, -0.25) is 14.6 Å². The molecule has 0 spiro atoms. The van der Waals surface area contributed by atoms with Crippen LogP contribution in [-0.4, -0.2) is 33.9 Å². The van der Waals surface area contributed by atoms with Crippen LogP contribution < -0.4 is 21.3 Å². The van der Waals surface area contributed by atoms with Gasteiger partial charge >= 0.3 is 6.03 Å². The van der Waals surface area contributed by atoms with Gasteiger partial charge in [-0.15, -0.1) is 0 Å². The highest BCUT2D eigenvalue weighted by Gasteiger charge is 2.28. The molecule has 9 nitrogen and oxygen atoms in total. The minimum Gasteiger partial charge on any atom is -0.352 e. The van der Waals surface area contributed by atoms with E-state index in [1.165, 1.54) is 0 Å². The topological polar surface area (TPSA) is 117 Å². The van der Waals surface area contributed by atoms with Gasteiger partial charge in [0, 0.05) is 55.0 Å². The van der Waals surface area contributed by atoms with E-state index in [9.17, 15) is 14.4 Å². The lowest BCUT2D eigenvalue weighted by molar-refractivity contribution is -0.122. The number of carbonyl (C=O) groups excluding carboxylic acids is 3. The summed E-state index contributed by atoms with van der Waals surface area (Å²) < 4.78 is 1.92. The van der Waals surface area contributed by atoms with Crippen LogP contribution >= 0.6 is 0 Å². The normalized spacial score (nSPS) is 14.5. The van der Waals surface area contributed by atoms with Crippen LogP contribution in [-0.2, 0) is 17.9 Å². The van der Waals surface area contributed by atoms with Crippen molar-refractivity contribution in [2.45, 2.75) is 32.5 Å². The second-order valence-electron chi connectivity index (χ2n) is 9.11. The first-order valence-corrected chi connectivity index (χ1v) is 12.2. The maximum Gasteiger partial charge on any atom is 0.319 e. The fourth-order valence-corrected chi connectivity index (χ4v) is 4.58. The van der Waals surface area contributed by atoms with Crippen LogP contribution in [0.2, 0.25) is 0 Å². The third kappa shape index (κ3) is 5.45. The molecule has 37 heavy (non-hydrogen) atoms. The number of pyridine rings is 1. The molecule has 0 radical (unpaired) electrons. The number of aromatic nitrogens is 2. The molecule has 4 amide bonds. The number of amides is 4. The summed E-state index contributed by atoms with van der Waals surface area (Å²) in [5.74, 6) is -0.288. The van der Waals surface area contributed by atoms with Crippen molar-refractivity contribution in [2.75, 3.05) is 11.9 Å². The van der Waals surface area contributed by atoms with Crippen LogP contribution in [0.3, 0.4) is 0 Å². The van der Waals surface area contributed by atoms with Gasteiger partial charge in [0.15, 0.2) is 0 Å². The summed E-state index contributed by atoms with van der Waals surface area (Å²) in [6.45, 7) is 3.21. The van der Waals surface area contributed by atoms with E-state index in [2.05, 4.69) is 26.3 Å². The number of nitrogens with zero attached hydrogens (tertiary/aromatic N) is 2. The monoisotopic (exact) mass is 496 g/mol. The van der Waals surface area contributed by atoms with Crippen molar-refractivity contribution in [3.05, 3.63) is 95.4 Å². The lowest BCUT2D eigenvalue weighted by Crippen LogP contribution is -2.40. The molecule has 2 aromatic heterocycles. The van der Waals surface area contributed by atoms with Crippen molar-refractivity contribution in [1.29, 1.82) is 0 Å².